The van der Waals surface area contributed by atoms with Crippen LogP contribution in [0.3, 0.4) is 0 Å². The van der Waals surface area contributed by atoms with E-state index in [9.17, 15) is 13.9 Å². The number of thioether (sulfide) groups is 1. The van der Waals surface area contributed by atoms with Gasteiger partial charge in [-0.1, -0.05) is 36.4 Å². The lowest BCUT2D eigenvalue weighted by atomic mass is 10.1. The first-order valence-corrected chi connectivity index (χ1v) is 6.12. The second kappa shape index (κ2) is 5.46. The Balaban J connectivity index is 2.16. The number of hydrogen-bond acceptors (Lipinski definition) is 3. The monoisotopic (exact) mass is 267 g/mol. The van der Waals surface area contributed by atoms with Gasteiger partial charge in [0.2, 0.25) is 0 Å². The van der Waals surface area contributed by atoms with E-state index >= 15 is 0 Å². The van der Waals surface area contributed by atoms with Gasteiger partial charge in [0.1, 0.15) is 5.03 Å². The molecular formula is C13H11F2NOS. The molecule has 1 atom stereocenters. The average molecular weight is 267 g/mol. The molecule has 1 heterocycles. The molecule has 0 aliphatic heterocycles. The third kappa shape index (κ3) is 3.05. The highest BCUT2D eigenvalue weighted by molar-refractivity contribution is 8.00. The fraction of sp³-hybridized carbons (Fsp3) is 0.154. The van der Waals surface area contributed by atoms with Crippen molar-refractivity contribution in [2.24, 2.45) is 0 Å². The fourth-order valence-electron chi connectivity index (χ4n) is 1.43. The van der Waals surface area contributed by atoms with Crippen molar-refractivity contribution < 1.29 is 13.9 Å². The molecule has 0 fully saturated rings. The van der Waals surface area contributed by atoms with Crippen LogP contribution in [0.4, 0.5) is 8.78 Å². The molecule has 2 rings (SSSR count). The fourth-order valence-corrected chi connectivity index (χ4v) is 2.22. The topological polar surface area (TPSA) is 33.1 Å². The first kappa shape index (κ1) is 13.0. The molecule has 94 valence electrons. The molecule has 0 bridgehead atoms. The highest BCUT2D eigenvalue weighted by Gasteiger charge is 2.41. The van der Waals surface area contributed by atoms with Crippen LogP contribution in [0.2, 0.25) is 0 Å². The zero-order chi connectivity index (χ0) is 13.0. The average Bonchev–Trinajstić information content (AvgIpc) is 2.39. The molecule has 0 aliphatic carbocycles. The Labute approximate surface area is 108 Å². The van der Waals surface area contributed by atoms with Crippen molar-refractivity contribution in [3.05, 3.63) is 60.3 Å². The van der Waals surface area contributed by atoms with Gasteiger partial charge in [-0.05, 0) is 29.5 Å². The minimum Gasteiger partial charge on any atom is -0.381 e. The molecule has 0 saturated carbocycles. The Morgan fingerprint density at radius 1 is 1.06 bits per heavy atom. The van der Waals surface area contributed by atoms with Gasteiger partial charge in [-0.25, -0.2) is 4.98 Å². The van der Waals surface area contributed by atoms with E-state index in [2.05, 4.69) is 4.98 Å². The summed E-state index contributed by atoms with van der Waals surface area (Å²) in [5.41, 5.74) is 0.186. The van der Waals surface area contributed by atoms with Crippen molar-refractivity contribution >= 4 is 11.8 Å². The molecular weight excluding hydrogens is 256 g/mol. The standard InChI is InChI=1S/C13H11F2NOS/c14-13(15,18-11-8-4-5-9-16-11)12(17)10-6-2-1-3-7-10/h1-9,12,17H. The number of nitrogens with zero attached hydrogens (tertiary/aromatic N) is 1. The number of benzene rings is 1. The van der Waals surface area contributed by atoms with Gasteiger partial charge in [-0.3, -0.25) is 0 Å². The summed E-state index contributed by atoms with van der Waals surface area (Å²) in [6.07, 6.45) is -0.418. The van der Waals surface area contributed by atoms with Crippen molar-refractivity contribution in [2.45, 2.75) is 16.4 Å². The minimum absolute atomic E-state index is 0.178. The first-order valence-electron chi connectivity index (χ1n) is 5.30. The smallest absolute Gasteiger partial charge is 0.329 e. The number of alkyl halides is 2. The highest BCUT2D eigenvalue weighted by atomic mass is 32.2. The summed E-state index contributed by atoms with van der Waals surface area (Å²) in [5, 5.41) is 6.57. The number of rotatable bonds is 4. The first-order chi connectivity index (χ1) is 8.59. The largest absolute Gasteiger partial charge is 0.381 e. The summed E-state index contributed by atoms with van der Waals surface area (Å²) in [5.74, 6) is 0. The predicted molar refractivity (Wildman–Crippen MR) is 66.4 cm³/mol. The zero-order valence-electron chi connectivity index (χ0n) is 9.33. The normalized spacial score (nSPS) is 13.3. The van der Waals surface area contributed by atoms with Gasteiger partial charge < -0.3 is 5.11 Å². The van der Waals surface area contributed by atoms with Crippen molar-refractivity contribution in [2.75, 3.05) is 0 Å². The number of aromatic nitrogens is 1. The molecule has 1 aromatic carbocycles. The number of pyridine rings is 1. The minimum atomic E-state index is -3.32. The summed E-state index contributed by atoms with van der Waals surface area (Å²) in [7, 11) is 0. The number of halogens is 2. The van der Waals surface area contributed by atoms with Crippen molar-refractivity contribution in [3.8, 4) is 0 Å². The molecule has 5 heteroatoms. The van der Waals surface area contributed by atoms with Crippen molar-refractivity contribution in [3.63, 3.8) is 0 Å². The maximum absolute atomic E-state index is 13.9. The van der Waals surface area contributed by atoms with Gasteiger partial charge in [0.05, 0.1) is 0 Å². The quantitative estimate of drug-likeness (QED) is 0.861. The lowest BCUT2D eigenvalue weighted by molar-refractivity contribution is -0.0356. The molecule has 1 unspecified atom stereocenters. The Bertz CT molecular complexity index is 493. The van der Waals surface area contributed by atoms with E-state index in [-0.39, 0.29) is 22.4 Å². The molecule has 2 nitrogen and oxygen atoms in total. The van der Waals surface area contributed by atoms with Crippen LogP contribution < -0.4 is 0 Å². The molecule has 0 amide bonds. The van der Waals surface area contributed by atoms with E-state index in [1.165, 1.54) is 24.4 Å². The van der Waals surface area contributed by atoms with Gasteiger partial charge in [0.25, 0.3) is 0 Å². The lowest BCUT2D eigenvalue weighted by Gasteiger charge is -2.21. The van der Waals surface area contributed by atoms with Gasteiger partial charge in [-0.15, -0.1) is 0 Å². The maximum atomic E-state index is 13.9. The predicted octanol–water partition coefficient (Wildman–Crippen LogP) is 3.50. The van der Waals surface area contributed by atoms with Crippen LogP contribution in [0.5, 0.6) is 0 Å². The van der Waals surface area contributed by atoms with E-state index in [1.54, 1.807) is 30.3 Å². The molecule has 1 N–H and O–H groups in total. The number of aliphatic hydroxyl groups is 1. The van der Waals surface area contributed by atoms with Gasteiger partial charge in [0, 0.05) is 6.20 Å². The second-order valence-electron chi connectivity index (χ2n) is 3.65. The van der Waals surface area contributed by atoms with Crippen LogP contribution in [-0.2, 0) is 0 Å². The molecule has 0 saturated heterocycles. The summed E-state index contributed by atoms with van der Waals surface area (Å²) < 4.78 is 27.7. The van der Waals surface area contributed by atoms with Crippen LogP contribution >= 0.6 is 11.8 Å². The molecule has 1 aromatic heterocycles. The van der Waals surface area contributed by atoms with Crippen LogP contribution in [0.1, 0.15) is 11.7 Å². The van der Waals surface area contributed by atoms with E-state index in [4.69, 9.17) is 0 Å². The van der Waals surface area contributed by atoms with Gasteiger partial charge in [-0.2, -0.15) is 8.78 Å². The second-order valence-corrected chi connectivity index (χ2v) is 4.81. The van der Waals surface area contributed by atoms with Gasteiger partial charge >= 0.3 is 5.25 Å². The lowest BCUT2D eigenvalue weighted by Crippen LogP contribution is -2.22. The SMILES string of the molecule is OC(c1ccccc1)C(F)(F)Sc1ccccn1. The van der Waals surface area contributed by atoms with Crippen LogP contribution in [0.25, 0.3) is 0 Å². The molecule has 0 spiro atoms. The third-order valence-electron chi connectivity index (χ3n) is 2.31. The maximum Gasteiger partial charge on any atom is 0.329 e. The van der Waals surface area contributed by atoms with Crippen LogP contribution in [-0.4, -0.2) is 15.3 Å². The summed E-state index contributed by atoms with van der Waals surface area (Å²) in [6, 6.07) is 12.6. The summed E-state index contributed by atoms with van der Waals surface area (Å²) >= 11 is 0.254. The summed E-state index contributed by atoms with van der Waals surface area (Å²) in [6.45, 7) is 0. The highest BCUT2D eigenvalue weighted by Crippen LogP contribution is 2.43. The number of hydrogen-bond donors (Lipinski definition) is 1. The molecule has 2 aromatic rings. The van der Waals surface area contributed by atoms with Crippen LogP contribution in [0.15, 0.2) is 59.8 Å². The molecule has 0 aliphatic rings. The molecule has 0 radical (unpaired) electrons. The summed E-state index contributed by atoms with van der Waals surface area (Å²) in [4.78, 5) is 3.81. The van der Waals surface area contributed by atoms with E-state index in [1.807, 2.05) is 0 Å². The van der Waals surface area contributed by atoms with Gasteiger partial charge in [0.15, 0.2) is 6.10 Å². The van der Waals surface area contributed by atoms with Crippen molar-refractivity contribution in [1.29, 1.82) is 0 Å². The Kier molecular flexibility index (Phi) is 3.93. The Hall–Kier alpha value is -1.46. The Morgan fingerprint density at radius 2 is 1.72 bits per heavy atom. The van der Waals surface area contributed by atoms with E-state index in [0.29, 0.717) is 0 Å². The van der Waals surface area contributed by atoms with E-state index in [0.717, 1.165) is 0 Å². The zero-order valence-corrected chi connectivity index (χ0v) is 10.1. The Morgan fingerprint density at radius 3 is 2.33 bits per heavy atom. The number of aliphatic hydroxyl groups excluding tert-OH is 1. The third-order valence-corrected chi connectivity index (χ3v) is 3.26. The van der Waals surface area contributed by atoms with E-state index < -0.39 is 11.4 Å². The van der Waals surface area contributed by atoms with Crippen molar-refractivity contribution in [1.82, 2.24) is 4.98 Å². The molecule has 18 heavy (non-hydrogen) atoms. The van der Waals surface area contributed by atoms with Crippen LogP contribution in [0, 0.1) is 0 Å².